The summed E-state index contributed by atoms with van der Waals surface area (Å²) in [5.74, 6) is 2.85. The lowest BCUT2D eigenvalue weighted by atomic mass is 10.0. The smallest absolute Gasteiger partial charge is 0.145 e. The number of hydrogen-bond donors (Lipinski definition) is 0. The van der Waals surface area contributed by atoms with E-state index < -0.39 is 0 Å². The number of nitrogens with zero attached hydrogens (tertiary/aromatic N) is 2. The van der Waals surface area contributed by atoms with Gasteiger partial charge in [-0.05, 0) is 59.7 Å². The summed E-state index contributed by atoms with van der Waals surface area (Å²) < 4.78 is 22.1. The molecule has 0 radical (unpaired) electrons. The molecule has 0 heterocycles. The van der Waals surface area contributed by atoms with Crippen LogP contribution in [0.2, 0.25) is 0 Å². The molecule has 0 atom stereocenters. The van der Waals surface area contributed by atoms with Crippen LogP contribution in [0.4, 0.5) is 11.4 Å². The molecule has 0 bridgehead atoms. The zero-order chi connectivity index (χ0) is 25.3. The second kappa shape index (κ2) is 11.7. The lowest BCUT2D eigenvalue weighted by Gasteiger charge is -2.11. The molecule has 6 nitrogen and oxygen atoms in total. The summed E-state index contributed by atoms with van der Waals surface area (Å²) in [6.07, 6.45) is 3.54. The van der Waals surface area contributed by atoms with Gasteiger partial charge in [0.05, 0.1) is 28.4 Å². The van der Waals surface area contributed by atoms with Crippen molar-refractivity contribution in [2.75, 3.05) is 28.4 Å². The molecule has 0 aliphatic heterocycles. The van der Waals surface area contributed by atoms with E-state index in [1.165, 1.54) is 0 Å². The van der Waals surface area contributed by atoms with Crippen LogP contribution < -0.4 is 18.9 Å². The van der Waals surface area contributed by atoms with Crippen LogP contribution in [0.25, 0.3) is 11.1 Å². The van der Waals surface area contributed by atoms with Crippen LogP contribution in [0.5, 0.6) is 23.0 Å². The Kier molecular flexibility index (Phi) is 7.98. The van der Waals surface area contributed by atoms with E-state index in [-0.39, 0.29) is 0 Å². The molecular formula is C30H28N2O4. The van der Waals surface area contributed by atoms with Gasteiger partial charge in [-0.1, -0.05) is 36.4 Å². The first-order chi connectivity index (χ1) is 17.7. The topological polar surface area (TPSA) is 61.6 Å². The Labute approximate surface area is 211 Å². The van der Waals surface area contributed by atoms with Crippen molar-refractivity contribution in [3.63, 3.8) is 0 Å². The van der Waals surface area contributed by atoms with Gasteiger partial charge >= 0.3 is 0 Å². The van der Waals surface area contributed by atoms with Gasteiger partial charge in [-0.25, -0.2) is 0 Å². The first-order valence-electron chi connectivity index (χ1n) is 11.4. The van der Waals surface area contributed by atoms with Gasteiger partial charge in [0, 0.05) is 23.6 Å². The highest BCUT2D eigenvalue weighted by Gasteiger charge is 2.09. The van der Waals surface area contributed by atoms with Gasteiger partial charge in [0.15, 0.2) is 0 Å². The summed E-state index contributed by atoms with van der Waals surface area (Å²) in [5, 5.41) is 0. The van der Waals surface area contributed by atoms with E-state index in [4.69, 9.17) is 18.9 Å². The Morgan fingerprint density at radius 2 is 0.861 bits per heavy atom. The predicted molar refractivity (Wildman–Crippen MR) is 145 cm³/mol. The van der Waals surface area contributed by atoms with Crippen molar-refractivity contribution in [3.05, 3.63) is 96.1 Å². The van der Waals surface area contributed by atoms with Crippen molar-refractivity contribution in [1.29, 1.82) is 0 Å². The monoisotopic (exact) mass is 480 g/mol. The fourth-order valence-electron chi connectivity index (χ4n) is 3.75. The van der Waals surface area contributed by atoms with E-state index >= 15 is 0 Å². The number of methoxy groups -OCH3 is 4. The minimum absolute atomic E-state index is 0.663. The summed E-state index contributed by atoms with van der Waals surface area (Å²) in [4.78, 5) is 9.24. The Balaban J connectivity index is 1.61. The second-order valence-electron chi connectivity index (χ2n) is 7.77. The highest BCUT2D eigenvalue weighted by molar-refractivity contribution is 5.87. The maximum Gasteiger partial charge on any atom is 0.145 e. The first kappa shape index (κ1) is 24.5. The molecule has 0 N–H and O–H groups in total. The zero-order valence-electron chi connectivity index (χ0n) is 20.8. The van der Waals surface area contributed by atoms with E-state index in [0.29, 0.717) is 11.5 Å². The zero-order valence-corrected chi connectivity index (χ0v) is 20.8. The maximum absolute atomic E-state index is 5.63. The van der Waals surface area contributed by atoms with Crippen molar-refractivity contribution in [2.45, 2.75) is 0 Å². The molecule has 0 aliphatic carbocycles. The standard InChI is InChI=1S/C30H28N2O4/c1-33-27-11-7-5-9-23(27)19-31-25-15-13-21(17-29(25)35-3)22-14-16-26(30(18-22)36-4)32-20-24-10-6-8-12-28(24)34-2/h5-20H,1-4H3. The lowest BCUT2D eigenvalue weighted by molar-refractivity contribution is 0.414. The third-order valence-corrected chi connectivity index (χ3v) is 5.66. The van der Waals surface area contributed by atoms with Crippen molar-refractivity contribution >= 4 is 23.8 Å². The van der Waals surface area contributed by atoms with Gasteiger partial charge in [0.2, 0.25) is 0 Å². The van der Waals surface area contributed by atoms with Crippen molar-refractivity contribution in [1.82, 2.24) is 0 Å². The highest BCUT2D eigenvalue weighted by Crippen LogP contribution is 2.37. The molecule has 0 spiro atoms. The van der Waals surface area contributed by atoms with E-state index in [2.05, 4.69) is 9.98 Å². The van der Waals surface area contributed by atoms with Gasteiger partial charge in [-0.3, -0.25) is 9.98 Å². The Morgan fingerprint density at radius 3 is 1.25 bits per heavy atom. The SMILES string of the molecule is COc1ccccc1C=Nc1ccc(-c2ccc(N=Cc3ccccc3OC)c(OC)c2)cc1OC. The molecule has 4 rings (SSSR count). The molecule has 0 aromatic heterocycles. The number of aliphatic imine (C=N–C) groups is 2. The number of benzene rings is 4. The largest absolute Gasteiger partial charge is 0.496 e. The Morgan fingerprint density at radius 1 is 0.472 bits per heavy atom. The molecule has 0 aliphatic rings. The van der Waals surface area contributed by atoms with Crippen molar-refractivity contribution in [3.8, 4) is 34.1 Å². The summed E-state index contributed by atoms with van der Waals surface area (Å²) >= 11 is 0. The van der Waals surface area contributed by atoms with Crippen LogP contribution in [0.15, 0.2) is 94.9 Å². The Bertz CT molecular complexity index is 1290. The third-order valence-electron chi connectivity index (χ3n) is 5.66. The molecule has 6 heteroatoms. The molecule has 0 saturated heterocycles. The van der Waals surface area contributed by atoms with E-state index in [9.17, 15) is 0 Å². The average Bonchev–Trinajstić information content (AvgIpc) is 2.95. The summed E-state index contributed by atoms with van der Waals surface area (Å²) in [6, 6.07) is 27.2. The normalized spacial score (nSPS) is 11.1. The first-order valence-corrected chi connectivity index (χ1v) is 11.4. The lowest BCUT2D eigenvalue weighted by Crippen LogP contribution is -1.91. The van der Waals surface area contributed by atoms with Gasteiger partial charge in [0.1, 0.15) is 34.4 Å². The van der Waals surface area contributed by atoms with Crippen LogP contribution in [0.1, 0.15) is 11.1 Å². The Hall–Kier alpha value is -4.58. The molecular weight excluding hydrogens is 452 g/mol. The molecule has 0 amide bonds. The molecule has 4 aromatic carbocycles. The van der Waals surface area contributed by atoms with Crippen LogP contribution in [-0.4, -0.2) is 40.9 Å². The van der Waals surface area contributed by atoms with E-state index in [0.717, 1.165) is 45.1 Å². The summed E-state index contributed by atoms with van der Waals surface area (Å²) in [5.41, 5.74) is 5.16. The number of rotatable bonds is 9. The summed E-state index contributed by atoms with van der Waals surface area (Å²) in [7, 11) is 6.56. The average molecular weight is 481 g/mol. The molecule has 0 fully saturated rings. The van der Waals surface area contributed by atoms with Crippen LogP contribution >= 0.6 is 0 Å². The minimum atomic E-state index is 0.663. The summed E-state index contributed by atoms with van der Waals surface area (Å²) in [6.45, 7) is 0. The molecule has 36 heavy (non-hydrogen) atoms. The van der Waals surface area contributed by atoms with Crippen LogP contribution in [-0.2, 0) is 0 Å². The number of para-hydroxylation sites is 2. The molecule has 0 unspecified atom stereocenters. The molecule has 182 valence electrons. The van der Waals surface area contributed by atoms with Crippen molar-refractivity contribution < 1.29 is 18.9 Å². The number of ether oxygens (including phenoxy) is 4. The van der Waals surface area contributed by atoms with Gasteiger partial charge in [0.25, 0.3) is 0 Å². The van der Waals surface area contributed by atoms with Crippen LogP contribution in [0, 0.1) is 0 Å². The fraction of sp³-hybridized carbons (Fsp3) is 0.133. The van der Waals surface area contributed by atoms with Gasteiger partial charge in [-0.2, -0.15) is 0 Å². The predicted octanol–water partition coefficient (Wildman–Crippen LogP) is 6.89. The quantitative estimate of drug-likeness (QED) is 0.245. The third kappa shape index (κ3) is 5.55. The van der Waals surface area contributed by atoms with E-state index in [1.54, 1.807) is 40.9 Å². The molecule has 4 aromatic rings. The van der Waals surface area contributed by atoms with Gasteiger partial charge in [-0.15, -0.1) is 0 Å². The molecule has 0 saturated carbocycles. The highest BCUT2D eigenvalue weighted by atomic mass is 16.5. The fourth-order valence-corrected chi connectivity index (χ4v) is 3.75. The maximum atomic E-state index is 5.63. The van der Waals surface area contributed by atoms with Crippen LogP contribution in [0.3, 0.4) is 0 Å². The second-order valence-corrected chi connectivity index (χ2v) is 7.77. The van der Waals surface area contributed by atoms with E-state index in [1.807, 2.05) is 84.9 Å². The van der Waals surface area contributed by atoms with Crippen molar-refractivity contribution in [2.24, 2.45) is 9.98 Å². The van der Waals surface area contributed by atoms with Gasteiger partial charge < -0.3 is 18.9 Å². The minimum Gasteiger partial charge on any atom is -0.496 e. The number of hydrogen-bond acceptors (Lipinski definition) is 6.